The summed E-state index contributed by atoms with van der Waals surface area (Å²) >= 11 is 0. The molecule has 1 saturated heterocycles. The van der Waals surface area contributed by atoms with Crippen molar-refractivity contribution in [1.82, 2.24) is 19.0 Å². The third-order valence-corrected chi connectivity index (χ3v) is 4.97. The van der Waals surface area contributed by atoms with Gasteiger partial charge >= 0.3 is 5.69 Å². The first-order chi connectivity index (χ1) is 12.9. The summed E-state index contributed by atoms with van der Waals surface area (Å²) in [6, 6.07) is 1.17. The third-order valence-electron chi connectivity index (χ3n) is 4.97. The first kappa shape index (κ1) is 19.1. The first-order valence-corrected chi connectivity index (χ1v) is 9.17. The molecule has 3 rings (SSSR count). The normalized spacial score (nSPS) is 16.8. The summed E-state index contributed by atoms with van der Waals surface area (Å²) < 4.78 is 9.13. The molecular weight excluding hydrogens is 352 g/mol. The number of hydrogen-bond donors (Lipinski definition) is 1. The Morgan fingerprint density at radius 2 is 1.93 bits per heavy atom. The molecule has 0 aromatic carbocycles. The minimum absolute atomic E-state index is 0.0134. The van der Waals surface area contributed by atoms with Crippen molar-refractivity contribution in [3.63, 3.8) is 0 Å². The topological polar surface area (TPSA) is 104 Å². The highest BCUT2D eigenvalue weighted by Crippen LogP contribution is 2.14. The van der Waals surface area contributed by atoms with Gasteiger partial charge in [0.15, 0.2) is 0 Å². The predicted molar refractivity (Wildman–Crippen MR) is 100 cm³/mol. The molecule has 0 bridgehead atoms. The summed E-state index contributed by atoms with van der Waals surface area (Å²) in [4.78, 5) is 50.7. The van der Waals surface area contributed by atoms with E-state index in [0.29, 0.717) is 13.2 Å². The van der Waals surface area contributed by atoms with Gasteiger partial charge in [0.25, 0.3) is 17.0 Å². The van der Waals surface area contributed by atoms with Crippen molar-refractivity contribution in [3.05, 3.63) is 42.8 Å². The molecule has 1 atom stereocenters. The smallest absolute Gasteiger partial charge is 0.332 e. The van der Waals surface area contributed by atoms with Gasteiger partial charge in [0.2, 0.25) is 0 Å². The molecule has 0 unspecified atom stereocenters. The maximum absolute atomic E-state index is 12.9. The molecule has 1 aliphatic rings. The molecule has 9 heteroatoms. The number of nitrogens with one attached hydrogen (secondary N) is 1. The van der Waals surface area contributed by atoms with E-state index in [4.69, 9.17) is 4.74 Å². The molecule has 27 heavy (non-hydrogen) atoms. The number of nitrogens with zero attached hydrogens (tertiary/aromatic N) is 3. The fourth-order valence-electron chi connectivity index (χ4n) is 3.56. The molecule has 2 aromatic rings. The Balaban J connectivity index is 2.22. The molecule has 9 nitrogen and oxygen atoms in total. The summed E-state index contributed by atoms with van der Waals surface area (Å²) in [5.74, 6) is -0.519. The van der Waals surface area contributed by atoms with Crippen LogP contribution in [0.5, 0.6) is 0 Å². The van der Waals surface area contributed by atoms with Crippen LogP contribution in [-0.4, -0.2) is 38.9 Å². The second kappa shape index (κ2) is 7.51. The van der Waals surface area contributed by atoms with Gasteiger partial charge in [-0.15, -0.1) is 0 Å². The fourth-order valence-corrected chi connectivity index (χ4v) is 3.56. The highest BCUT2D eigenvalue weighted by atomic mass is 16.5. The van der Waals surface area contributed by atoms with Crippen LogP contribution in [0.2, 0.25) is 0 Å². The van der Waals surface area contributed by atoms with Crippen LogP contribution in [0.3, 0.4) is 0 Å². The number of amides is 1. The minimum Gasteiger partial charge on any atom is -0.376 e. The molecule has 0 spiro atoms. The van der Waals surface area contributed by atoms with E-state index in [9.17, 15) is 19.2 Å². The Morgan fingerprint density at radius 1 is 1.22 bits per heavy atom. The van der Waals surface area contributed by atoms with Gasteiger partial charge in [0, 0.05) is 39.4 Å². The molecular formula is C18H24N4O5. The molecule has 3 heterocycles. The quantitative estimate of drug-likeness (QED) is 0.779. The summed E-state index contributed by atoms with van der Waals surface area (Å²) in [5, 5.41) is 2.82. The van der Waals surface area contributed by atoms with Crippen LogP contribution in [0.4, 0.5) is 0 Å². The number of rotatable bonds is 5. The summed E-state index contributed by atoms with van der Waals surface area (Å²) in [6.45, 7) is 4.85. The number of fused-ring (bicyclic) bond motifs is 1. The molecule has 1 aliphatic heterocycles. The van der Waals surface area contributed by atoms with E-state index < -0.39 is 22.7 Å². The van der Waals surface area contributed by atoms with E-state index in [1.807, 2.05) is 0 Å². The predicted octanol–water partition coefficient (Wildman–Crippen LogP) is -0.189. The monoisotopic (exact) mass is 376 g/mol. The molecule has 0 radical (unpaired) electrons. The van der Waals surface area contributed by atoms with Crippen molar-refractivity contribution < 1.29 is 9.53 Å². The zero-order valence-electron chi connectivity index (χ0n) is 15.8. The van der Waals surface area contributed by atoms with Crippen molar-refractivity contribution in [2.75, 3.05) is 13.2 Å². The van der Waals surface area contributed by atoms with E-state index in [1.165, 1.54) is 22.2 Å². The van der Waals surface area contributed by atoms with Gasteiger partial charge in [-0.05, 0) is 26.7 Å². The van der Waals surface area contributed by atoms with Crippen molar-refractivity contribution in [2.45, 2.75) is 45.9 Å². The Hall–Kier alpha value is -2.68. The Bertz CT molecular complexity index is 1060. The number of ether oxygens (including phenoxy) is 1. The van der Waals surface area contributed by atoms with E-state index in [0.717, 1.165) is 17.4 Å². The first-order valence-electron chi connectivity index (χ1n) is 9.17. The molecule has 2 aromatic heterocycles. The van der Waals surface area contributed by atoms with Gasteiger partial charge in [-0.2, -0.15) is 0 Å². The largest absolute Gasteiger partial charge is 0.376 e. The van der Waals surface area contributed by atoms with Gasteiger partial charge in [0.1, 0.15) is 5.65 Å². The highest BCUT2D eigenvalue weighted by molar-refractivity contribution is 6.05. The summed E-state index contributed by atoms with van der Waals surface area (Å²) in [5.41, 5.74) is -1.38. The second-order valence-corrected chi connectivity index (χ2v) is 6.58. The fraction of sp³-hybridized carbons (Fsp3) is 0.556. The van der Waals surface area contributed by atoms with Gasteiger partial charge < -0.3 is 10.1 Å². The maximum Gasteiger partial charge on any atom is 0.332 e. The van der Waals surface area contributed by atoms with Crippen LogP contribution in [0, 0.1) is 0 Å². The number of pyridine rings is 1. The number of carbonyl (C=O) groups excluding carboxylic acids is 1. The van der Waals surface area contributed by atoms with E-state index >= 15 is 0 Å². The second-order valence-electron chi connectivity index (χ2n) is 6.58. The molecule has 0 aliphatic carbocycles. The molecule has 1 fully saturated rings. The molecule has 1 N–H and O–H groups in total. The van der Waals surface area contributed by atoms with Crippen LogP contribution in [0.25, 0.3) is 11.0 Å². The number of aromatic nitrogens is 3. The van der Waals surface area contributed by atoms with Gasteiger partial charge in [-0.3, -0.25) is 28.1 Å². The molecule has 1 amide bonds. The Labute approximate surface area is 155 Å². The Kier molecular flexibility index (Phi) is 5.31. The number of carbonyl (C=O) groups is 1. The molecule has 146 valence electrons. The zero-order chi connectivity index (χ0) is 19.7. The maximum atomic E-state index is 12.9. The van der Waals surface area contributed by atoms with Crippen molar-refractivity contribution in [3.8, 4) is 0 Å². The van der Waals surface area contributed by atoms with Gasteiger partial charge in [0.05, 0.1) is 17.1 Å². The van der Waals surface area contributed by atoms with Crippen LogP contribution < -0.4 is 22.1 Å². The van der Waals surface area contributed by atoms with Crippen LogP contribution in [-0.2, 0) is 24.9 Å². The van der Waals surface area contributed by atoms with E-state index in [2.05, 4.69) is 5.32 Å². The zero-order valence-corrected chi connectivity index (χ0v) is 15.8. The van der Waals surface area contributed by atoms with E-state index in [1.54, 1.807) is 13.8 Å². The van der Waals surface area contributed by atoms with E-state index in [-0.39, 0.29) is 35.8 Å². The summed E-state index contributed by atoms with van der Waals surface area (Å²) in [6.07, 6.45) is 1.74. The van der Waals surface area contributed by atoms with Crippen LogP contribution in [0.15, 0.2) is 20.4 Å². The minimum atomic E-state index is -0.569. The lowest BCUT2D eigenvalue weighted by Gasteiger charge is -2.17. The Morgan fingerprint density at radius 3 is 2.52 bits per heavy atom. The van der Waals surface area contributed by atoms with Crippen molar-refractivity contribution in [2.24, 2.45) is 7.05 Å². The van der Waals surface area contributed by atoms with Crippen molar-refractivity contribution >= 4 is 16.9 Å². The number of aryl methyl sites for hydroxylation is 2. The molecule has 0 saturated carbocycles. The average molecular weight is 376 g/mol. The summed E-state index contributed by atoms with van der Waals surface area (Å²) in [7, 11) is 1.50. The van der Waals surface area contributed by atoms with Gasteiger partial charge in [-0.25, -0.2) is 4.79 Å². The average Bonchev–Trinajstić information content (AvgIpc) is 3.17. The standard InChI is InChI=1S/C18H24N4O5/c1-4-21-13(23)9-12(15(24)19-10-11-7-6-8-27-11)14-16(21)20(3)18(26)22(5-2)17(14)25/h9,11H,4-8,10H2,1-3H3,(H,19,24)/t11-/m1/s1. The van der Waals surface area contributed by atoms with Crippen molar-refractivity contribution in [1.29, 1.82) is 0 Å². The SMILES string of the molecule is CCn1c(=O)c2c(C(=O)NC[C@H]3CCCO3)cc(=O)n(CC)c2n(C)c1=O. The van der Waals surface area contributed by atoms with Crippen LogP contribution >= 0.6 is 0 Å². The van der Waals surface area contributed by atoms with Gasteiger partial charge in [-0.1, -0.05) is 0 Å². The highest BCUT2D eigenvalue weighted by Gasteiger charge is 2.23. The lowest BCUT2D eigenvalue weighted by atomic mass is 10.1. The van der Waals surface area contributed by atoms with Crippen LogP contribution in [0.1, 0.15) is 37.0 Å². The lowest BCUT2D eigenvalue weighted by Crippen LogP contribution is -2.42. The lowest BCUT2D eigenvalue weighted by molar-refractivity contribution is 0.0859. The third kappa shape index (κ3) is 3.23. The number of hydrogen-bond acceptors (Lipinski definition) is 5.